The molecule has 0 bridgehead atoms. The van der Waals surface area contributed by atoms with E-state index in [9.17, 15) is 9.59 Å². The van der Waals surface area contributed by atoms with Gasteiger partial charge in [0.1, 0.15) is 0 Å². The van der Waals surface area contributed by atoms with E-state index < -0.39 is 0 Å². The zero-order valence-corrected chi connectivity index (χ0v) is 17.9. The van der Waals surface area contributed by atoms with Crippen molar-refractivity contribution in [2.75, 3.05) is 32.7 Å². The summed E-state index contributed by atoms with van der Waals surface area (Å²) in [6.45, 7) is 8.19. The Morgan fingerprint density at radius 3 is 2.48 bits per heavy atom. The van der Waals surface area contributed by atoms with Crippen LogP contribution >= 0.6 is 0 Å². The lowest BCUT2D eigenvalue weighted by Crippen LogP contribution is -2.53. The maximum Gasteiger partial charge on any atom is 0.317 e. The zero-order valence-electron chi connectivity index (χ0n) is 17.9. The average Bonchev–Trinajstić information content (AvgIpc) is 2.74. The molecule has 0 unspecified atom stereocenters. The Bertz CT molecular complexity index is 656. The van der Waals surface area contributed by atoms with Gasteiger partial charge in [0.25, 0.3) is 0 Å². The van der Waals surface area contributed by atoms with Gasteiger partial charge in [0, 0.05) is 38.3 Å². The lowest BCUT2D eigenvalue weighted by molar-refractivity contribution is -0.127. The quantitative estimate of drug-likeness (QED) is 0.772. The largest absolute Gasteiger partial charge is 0.355 e. The average molecular weight is 401 g/mol. The van der Waals surface area contributed by atoms with Crippen molar-refractivity contribution in [2.45, 2.75) is 58.0 Å². The van der Waals surface area contributed by atoms with Gasteiger partial charge in [-0.1, -0.05) is 30.3 Å². The molecule has 0 aliphatic carbocycles. The Morgan fingerprint density at radius 1 is 1.07 bits per heavy atom. The molecule has 0 saturated carbocycles. The fourth-order valence-corrected chi connectivity index (χ4v) is 4.44. The van der Waals surface area contributed by atoms with Gasteiger partial charge in [0.05, 0.1) is 5.92 Å². The van der Waals surface area contributed by atoms with Crippen molar-refractivity contribution < 1.29 is 9.59 Å². The van der Waals surface area contributed by atoms with Gasteiger partial charge in [0.15, 0.2) is 0 Å². The summed E-state index contributed by atoms with van der Waals surface area (Å²) in [5, 5.41) is 6.12. The first-order chi connectivity index (χ1) is 14.0. The highest BCUT2D eigenvalue weighted by Gasteiger charge is 2.32. The van der Waals surface area contributed by atoms with Gasteiger partial charge in [-0.2, -0.15) is 0 Å². The molecule has 1 atom stereocenters. The molecule has 160 valence electrons. The van der Waals surface area contributed by atoms with Gasteiger partial charge in [-0.15, -0.1) is 0 Å². The number of benzene rings is 1. The van der Waals surface area contributed by atoms with E-state index in [0.29, 0.717) is 12.6 Å². The van der Waals surface area contributed by atoms with E-state index in [2.05, 4.69) is 27.7 Å². The monoisotopic (exact) mass is 400 g/mol. The van der Waals surface area contributed by atoms with Gasteiger partial charge in [-0.25, -0.2) is 4.79 Å². The standard InChI is InChI=1S/C23H36N4O2/c1-18(2)25-23(29)26-15-11-21(12-16-26)27-14-6-9-20(17-27)22(28)24-13-10-19-7-4-3-5-8-19/h3-5,7-8,18,20-21H,6,9-17H2,1-2H3,(H,24,28)(H,25,29)/t20-/m1/s1. The number of rotatable bonds is 6. The molecule has 0 aromatic heterocycles. The minimum absolute atomic E-state index is 0.0489. The van der Waals surface area contributed by atoms with E-state index in [4.69, 9.17) is 0 Å². The van der Waals surface area contributed by atoms with E-state index in [1.165, 1.54) is 5.56 Å². The Balaban J connectivity index is 1.41. The molecule has 2 saturated heterocycles. The van der Waals surface area contributed by atoms with Crippen molar-refractivity contribution in [3.05, 3.63) is 35.9 Å². The summed E-state index contributed by atoms with van der Waals surface area (Å²) in [6.07, 6.45) is 4.91. The van der Waals surface area contributed by atoms with Gasteiger partial charge in [0.2, 0.25) is 5.91 Å². The van der Waals surface area contributed by atoms with Crippen LogP contribution in [0.3, 0.4) is 0 Å². The number of hydrogen-bond donors (Lipinski definition) is 2. The van der Waals surface area contributed by atoms with Gasteiger partial charge in [-0.3, -0.25) is 9.69 Å². The number of carbonyl (C=O) groups excluding carboxylic acids is 2. The SMILES string of the molecule is CC(C)NC(=O)N1CCC(N2CCC[C@@H](C(=O)NCCc3ccccc3)C2)CC1. The molecule has 2 aliphatic heterocycles. The number of amides is 3. The molecule has 6 nitrogen and oxygen atoms in total. The molecule has 0 radical (unpaired) electrons. The van der Waals surface area contributed by atoms with E-state index >= 15 is 0 Å². The lowest BCUT2D eigenvalue weighted by Gasteiger charge is -2.42. The number of nitrogens with zero attached hydrogens (tertiary/aromatic N) is 2. The molecule has 2 aliphatic rings. The fraction of sp³-hybridized carbons (Fsp3) is 0.652. The molecule has 3 amide bonds. The summed E-state index contributed by atoms with van der Waals surface area (Å²) in [5.74, 6) is 0.279. The van der Waals surface area contributed by atoms with Crippen LogP contribution in [0, 0.1) is 5.92 Å². The second kappa shape index (κ2) is 10.6. The molecule has 2 heterocycles. The van der Waals surface area contributed by atoms with Crippen LogP contribution in [0.4, 0.5) is 4.79 Å². The van der Waals surface area contributed by atoms with Crippen LogP contribution in [0.25, 0.3) is 0 Å². The van der Waals surface area contributed by atoms with Crippen LogP contribution in [0.1, 0.15) is 45.1 Å². The fourth-order valence-electron chi connectivity index (χ4n) is 4.44. The van der Waals surface area contributed by atoms with Gasteiger partial charge in [-0.05, 0) is 58.1 Å². The van der Waals surface area contributed by atoms with Crippen molar-refractivity contribution in [1.82, 2.24) is 20.4 Å². The van der Waals surface area contributed by atoms with Gasteiger partial charge >= 0.3 is 6.03 Å². The first-order valence-electron chi connectivity index (χ1n) is 11.1. The van der Waals surface area contributed by atoms with Gasteiger partial charge < -0.3 is 15.5 Å². The molecule has 0 spiro atoms. The van der Waals surface area contributed by atoms with Crippen LogP contribution in [-0.4, -0.2) is 66.5 Å². The van der Waals surface area contributed by atoms with Crippen molar-refractivity contribution in [3.63, 3.8) is 0 Å². The minimum Gasteiger partial charge on any atom is -0.355 e. The zero-order chi connectivity index (χ0) is 20.6. The Kier molecular flexibility index (Phi) is 7.92. The number of urea groups is 1. The molecule has 3 rings (SSSR count). The second-order valence-corrected chi connectivity index (χ2v) is 8.68. The predicted molar refractivity (Wildman–Crippen MR) is 116 cm³/mol. The summed E-state index contributed by atoms with van der Waals surface area (Å²) < 4.78 is 0. The van der Waals surface area contributed by atoms with Crippen molar-refractivity contribution in [2.24, 2.45) is 5.92 Å². The van der Waals surface area contributed by atoms with Crippen molar-refractivity contribution in [1.29, 1.82) is 0 Å². The number of hydrogen-bond acceptors (Lipinski definition) is 3. The Hall–Kier alpha value is -2.08. The molecule has 1 aromatic rings. The first kappa shape index (κ1) is 21.6. The molecule has 6 heteroatoms. The Labute approximate surface area is 175 Å². The number of piperidine rings is 2. The third-order valence-electron chi connectivity index (χ3n) is 6.06. The molecular weight excluding hydrogens is 364 g/mol. The molecule has 1 aromatic carbocycles. The van der Waals surface area contributed by atoms with Crippen LogP contribution in [0.15, 0.2) is 30.3 Å². The third kappa shape index (κ3) is 6.46. The van der Waals surface area contributed by atoms with Crippen molar-refractivity contribution >= 4 is 11.9 Å². The molecule has 2 fully saturated rings. The molecular formula is C23H36N4O2. The predicted octanol–water partition coefficient (Wildman–Crippen LogP) is 2.64. The summed E-state index contributed by atoms with van der Waals surface area (Å²) in [4.78, 5) is 29.3. The molecule has 29 heavy (non-hydrogen) atoms. The number of likely N-dealkylation sites (tertiary alicyclic amines) is 2. The summed E-state index contributed by atoms with van der Waals surface area (Å²) in [7, 11) is 0. The van der Waals surface area contributed by atoms with Crippen LogP contribution in [0.2, 0.25) is 0 Å². The van der Waals surface area contributed by atoms with E-state index in [0.717, 1.165) is 58.3 Å². The first-order valence-corrected chi connectivity index (χ1v) is 11.1. The highest BCUT2D eigenvalue weighted by molar-refractivity contribution is 5.79. The van der Waals surface area contributed by atoms with E-state index in [1.807, 2.05) is 36.9 Å². The Morgan fingerprint density at radius 2 is 1.79 bits per heavy atom. The van der Waals surface area contributed by atoms with E-state index in [-0.39, 0.29) is 23.9 Å². The second-order valence-electron chi connectivity index (χ2n) is 8.68. The summed E-state index contributed by atoms with van der Waals surface area (Å²) in [5.41, 5.74) is 1.26. The maximum absolute atomic E-state index is 12.7. The smallest absolute Gasteiger partial charge is 0.317 e. The van der Waals surface area contributed by atoms with Crippen LogP contribution in [-0.2, 0) is 11.2 Å². The van der Waals surface area contributed by atoms with Crippen LogP contribution in [0.5, 0.6) is 0 Å². The minimum atomic E-state index is 0.0489. The summed E-state index contributed by atoms with van der Waals surface area (Å²) >= 11 is 0. The number of nitrogens with one attached hydrogen (secondary N) is 2. The van der Waals surface area contributed by atoms with E-state index in [1.54, 1.807) is 0 Å². The third-order valence-corrected chi connectivity index (χ3v) is 6.06. The summed E-state index contributed by atoms with van der Waals surface area (Å²) in [6, 6.07) is 11.0. The van der Waals surface area contributed by atoms with Crippen LogP contribution < -0.4 is 10.6 Å². The highest BCUT2D eigenvalue weighted by atomic mass is 16.2. The molecule has 2 N–H and O–H groups in total. The number of carbonyl (C=O) groups is 2. The maximum atomic E-state index is 12.7. The highest BCUT2D eigenvalue weighted by Crippen LogP contribution is 2.24. The lowest BCUT2D eigenvalue weighted by atomic mass is 9.93. The normalized spacial score (nSPS) is 21.2. The van der Waals surface area contributed by atoms with Crippen molar-refractivity contribution in [3.8, 4) is 0 Å². The topological polar surface area (TPSA) is 64.7 Å².